The predicted molar refractivity (Wildman–Crippen MR) is 108 cm³/mol. The van der Waals surface area contributed by atoms with E-state index in [1.807, 2.05) is 18.2 Å². The van der Waals surface area contributed by atoms with Gasteiger partial charge in [-0.1, -0.05) is 0 Å². The number of rotatable bonds is 4. The summed E-state index contributed by atoms with van der Waals surface area (Å²) in [6, 6.07) is 12.8. The number of aromatic nitrogens is 4. The maximum absolute atomic E-state index is 13.1. The van der Waals surface area contributed by atoms with E-state index in [1.165, 1.54) is 24.3 Å². The molecule has 8 heteroatoms. The van der Waals surface area contributed by atoms with Crippen LogP contribution in [0.4, 0.5) is 16.0 Å². The Kier molecular flexibility index (Phi) is 4.33. The Labute approximate surface area is 164 Å². The van der Waals surface area contributed by atoms with Gasteiger partial charge in [-0.05, 0) is 65.1 Å². The number of fused-ring (bicyclic) bond motifs is 1. The van der Waals surface area contributed by atoms with E-state index in [9.17, 15) is 9.18 Å². The van der Waals surface area contributed by atoms with Gasteiger partial charge in [-0.3, -0.25) is 9.89 Å². The summed E-state index contributed by atoms with van der Waals surface area (Å²) in [5.74, 6) is 0.383. The number of aromatic amines is 1. The third-order valence-corrected chi connectivity index (χ3v) is 4.39. The summed E-state index contributed by atoms with van der Waals surface area (Å²) < 4.78 is 14.1. The maximum Gasteiger partial charge on any atom is 0.230 e. The molecule has 0 unspecified atom stereocenters. The highest BCUT2D eigenvalue weighted by molar-refractivity contribution is 14.1. The van der Waals surface area contributed by atoms with Crippen molar-refractivity contribution in [2.24, 2.45) is 0 Å². The number of nitrogens with one attached hydrogen (secondary N) is 2. The molecule has 0 aliphatic rings. The third-order valence-electron chi connectivity index (χ3n) is 3.72. The van der Waals surface area contributed by atoms with Crippen molar-refractivity contribution in [3.63, 3.8) is 0 Å². The van der Waals surface area contributed by atoms with Crippen LogP contribution in [0.2, 0.25) is 0 Å². The van der Waals surface area contributed by atoms with Crippen LogP contribution >= 0.6 is 22.6 Å². The molecule has 0 bridgehead atoms. The van der Waals surface area contributed by atoms with Gasteiger partial charge in [0.2, 0.25) is 11.6 Å². The van der Waals surface area contributed by atoms with Crippen LogP contribution in [0.25, 0.3) is 10.9 Å². The lowest BCUT2D eigenvalue weighted by molar-refractivity contribution is 0.103. The second kappa shape index (κ2) is 6.79. The second-order valence-corrected chi connectivity index (χ2v) is 6.73. The fraction of sp³-hybridized carbons (Fsp3) is 0. The number of hydrogen-bond donors (Lipinski definition) is 2. The minimum atomic E-state index is -0.405. The highest BCUT2D eigenvalue weighted by Crippen LogP contribution is 2.25. The van der Waals surface area contributed by atoms with E-state index < -0.39 is 5.82 Å². The van der Waals surface area contributed by atoms with Crippen LogP contribution in [0, 0.1) is 9.39 Å². The summed E-state index contributed by atoms with van der Waals surface area (Å²) in [5, 5.41) is 10.6. The molecule has 4 aromatic rings. The van der Waals surface area contributed by atoms with Gasteiger partial charge in [0.1, 0.15) is 17.5 Å². The fourth-order valence-corrected chi connectivity index (χ4v) is 2.96. The van der Waals surface area contributed by atoms with E-state index in [0.29, 0.717) is 22.7 Å². The zero-order valence-corrected chi connectivity index (χ0v) is 15.4. The average molecular weight is 463 g/mol. The molecule has 0 aliphatic heterocycles. The first-order valence-corrected chi connectivity index (χ1v) is 8.72. The first-order chi connectivity index (χ1) is 12.6. The number of halogens is 2. The summed E-state index contributed by atoms with van der Waals surface area (Å²) in [4.78, 5) is 21.5. The summed E-state index contributed by atoms with van der Waals surface area (Å²) in [5.41, 5.74) is 0.961. The van der Waals surface area contributed by atoms with E-state index in [0.717, 1.165) is 8.96 Å². The molecule has 0 atom stereocenters. The lowest BCUT2D eigenvalue weighted by Crippen LogP contribution is -2.10. The number of H-pyrrole nitrogens is 1. The zero-order chi connectivity index (χ0) is 18.1. The van der Waals surface area contributed by atoms with Crippen LogP contribution < -0.4 is 5.32 Å². The monoisotopic (exact) mass is 463 g/mol. The Balaban J connectivity index is 0.00000140. The lowest BCUT2D eigenvalue weighted by atomic mass is 10.1. The fourth-order valence-electron chi connectivity index (χ4n) is 2.48. The molecule has 0 saturated carbocycles. The molecule has 2 N–H and O–H groups in total. The van der Waals surface area contributed by atoms with Crippen molar-refractivity contribution in [3.05, 3.63) is 75.5 Å². The molecule has 2 aromatic heterocycles. The van der Waals surface area contributed by atoms with Crippen LogP contribution in [0.1, 0.15) is 19.0 Å². The summed E-state index contributed by atoms with van der Waals surface area (Å²) >= 11 is 2.18. The second-order valence-electron chi connectivity index (χ2n) is 5.49. The SMILES string of the molecule is O=C(c1ccc(F)cc1)c1nc(Nc2ccn[nH]2)c2ccc(I)cc2n1.[HH].[HH]. The van der Waals surface area contributed by atoms with E-state index in [1.54, 1.807) is 12.3 Å². The molecule has 2 heterocycles. The van der Waals surface area contributed by atoms with E-state index in [4.69, 9.17) is 0 Å². The topological polar surface area (TPSA) is 83.6 Å². The highest BCUT2D eigenvalue weighted by atomic mass is 127. The Bertz CT molecular complexity index is 1110. The quantitative estimate of drug-likeness (QED) is 0.343. The van der Waals surface area contributed by atoms with Crippen molar-refractivity contribution in [3.8, 4) is 0 Å². The largest absolute Gasteiger partial charge is 0.325 e. The normalized spacial score (nSPS) is 10.8. The smallest absolute Gasteiger partial charge is 0.230 e. The molecule has 26 heavy (non-hydrogen) atoms. The standard InChI is InChI=1S/C18H11FIN5O.2H2/c19-11-3-1-10(2-4-11)16(26)18-22-14-9-12(20)5-6-13(14)17(24-18)23-15-7-8-21-25-15;;/h1-9H,(H2,21,22,23,24,25);2*1H. The van der Waals surface area contributed by atoms with Gasteiger partial charge in [0.25, 0.3) is 0 Å². The van der Waals surface area contributed by atoms with E-state index in [2.05, 4.69) is 48.1 Å². The molecule has 0 fully saturated rings. The molecule has 0 aliphatic carbocycles. The molecule has 0 saturated heterocycles. The molecule has 0 radical (unpaired) electrons. The number of ketones is 1. The predicted octanol–water partition coefficient (Wildman–Crippen LogP) is 4.56. The van der Waals surface area contributed by atoms with Crippen molar-refractivity contribution in [1.29, 1.82) is 0 Å². The van der Waals surface area contributed by atoms with Gasteiger partial charge in [-0.25, -0.2) is 14.4 Å². The first-order valence-electron chi connectivity index (χ1n) is 7.64. The minimum absolute atomic E-state index is 0. The first kappa shape index (κ1) is 16.6. The molecule has 0 amide bonds. The lowest BCUT2D eigenvalue weighted by Gasteiger charge is -2.09. The zero-order valence-electron chi connectivity index (χ0n) is 13.2. The van der Waals surface area contributed by atoms with Crippen LogP contribution in [-0.2, 0) is 0 Å². The van der Waals surface area contributed by atoms with Gasteiger partial charge in [-0.2, -0.15) is 5.10 Å². The molecule has 0 spiro atoms. The van der Waals surface area contributed by atoms with Crippen molar-refractivity contribution < 1.29 is 12.0 Å². The molecule has 132 valence electrons. The average Bonchev–Trinajstić information content (AvgIpc) is 3.14. The molecule has 6 nitrogen and oxygen atoms in total. The van der Waals surface area contributed by atoms with Crippen molar-refractivity contribution in [2.75, 3.05) is 5.32 Å². The van der Waals surface area contributed by atoms with Gasteiger partial charge >= 0.3 is 0 Å². The third kappa shape index (κ3) is 3.27. The minimum Gasteiger partial charge on any atom is -0.325 e. The molecule has 4 rings (SSSR count). The number of carbonyl (C=O) groups is 1. The van der Waals surface area contributed by atoms with E-state index in [-0.39, 0.29) is 14.5 Å². The maximum atomic E-state index is 13.1. The number of anilines is 2. The van der Waals surface area contributed by atoms with Gasteiger partial charge in [0.15, 0.2) is 0 Å². The van der Waals surface area contributed by atoms with Crippen molar-refractivity contribution >= 4 is 50.9 Å². The van der Waals surface area contributed by atoms with Gasteiger partial charge in [0, 0.05) is 23.4 Å². The molecular weight excluding hydrogens is 448 g/mol. The van der Waals surface area contributed by atoms with Gasteiger partial charge < -0.3 is 5.32 Å². The number of benzene rings is 2. The molecule has 2 aromatic carbocycles. The van der Waals surface area contributed by atoms with Gasteiger partial charge in [-0.15, -0.1) is 0 Å². The Hall–Kier alpha value is -2.88. The van der Waals surface area contributed by atoms with Crippen LogP contribution in [-0.4, -0.2) is 25.9 Å². The van der Waals surface area contributed by atoms with E-state index >= 15 is 0 Å². The highest BCUT2D eigenvalue weighted by Gasteiger charge is 2.17. The summed E-state index contributed by atoms with van der Waals surface area (Å²) in [7, 11) is 0. The van der Waals surface area contributed by atoms with Crippen LogP contribution in [0.15, 0.2) is 54.7 Å². The number of carbonyl (C=O) groups excluding carboxylic acids is 1. The van der Waals surface area contributed by atoms with Gasteiger partial charge in [0.05, 0.1) is 11.7 Å². The number of nitrogens with zero attached hydrogens (tertiary/aromatic N) is 3. The Morgan fingerprint density at radius 3 is 2.65 bits per heavy atom. The van der Waals surface area contributed by atoms with Crippen LogP contribution in [0.5, 0.6) is 0 Å². The Morgan fingerprint density at radius 2 is 1.92 bits per heavy atom. The Morgan fingerprint density at radius 1 is 1.12 bits per heavy atom. The van der Waals surface area contributed by atoms with Crippen LogP contribution in [0.3, 0.4) is 0 Å². The molecular formula is C18H15FIN5O. The summed E-state index contributed by atoms with van der Waals surface area (Å²) in [6.07, 6.45) is 1.61. The van der Waals surface area contributed by atoms with Crippen molar-refractivity contribution in [2.45, 2.75) is 0 Å². The summed E-state index contributed by atoms with van der Waals surface area (Å²) in [6.45, 7) is 0. The number of hydrogen-bond acceptors (Lipinski definition) is 5. The van der Waals surface area contributed by atoms with Crippen molar-refractivity contribution in [1.82, 2.24) is 20.2 Å².